The molecule has 0 radical (unpaired) electrons. The van der Waals surface area contributed by atoms with Crippen LogP contribution in [0.3, 0.4) is 0 Å². The zero-order valence-electron chi connectivity index (χ0n) is 14.9. The first-order chi connectivity index (χ1) is 12.7. The average molecular weight is 372 g/mol. The number of carbonyl (C=O) groups excluding carboxylic acids is 2. The third-order valence-corrected chi connectivity index (χ3v) is 5.57. The molecule has 3 rings (SSSR count). The largest absolute Gasteiger partial charge is 0.355 e. The predicted molar refractivity (Wildman–Crippen MR) is 103 cm³/mol. The van der Waals surface area contributed by atoms with E-state index in [1.165, 1.54) is 5.56 Å². The number of aromatic nitrogens is 1. The molecule has 1 fully saturated rings. The molecule has 0 unspecified atom stereocenters. The van der Waals surface area contributed by atoms with Gasteiger partial charge < -0.3 is 10.2 Å². The van der Waals surface area contributed by atoms with Crippen molar-refractivity contribution in [2.24, 2.45) is 5.92 Å². The molecule has 1 aromatic heterocycles. The number of amides is 2. The van der Waals surface area contributed by atoms with Gasteiger partial charge in [-0.1, -0.05) is 30.3 Å². The lowest BCUT2D eigenvalue weighted by Gasteiger charge is -2.32. The summed E-state index contributed by atoms with van der Waals surface area (Å²) in [5.41, 5.74) is 1.29. The molecule has 1 aliphatic rings. The Morgan fingerprint density at radius 2 is 2.12 bits per heavy atom. The Hall–Kier alpha value is -2.21. The first-order valence-electron chi connectivity index (χ1n) is 9.20. The first kappa shape index (κ1) is 18.6. The molecule has 1 atom stereocenters. The van der Waals surface area contributed by atoms with Crippen molar-refractivity contribution in [3.05, 3.63) is 52.5 Å². The molecule has 0 saturated carbocycles. The van der Waals surface area contributed by atoms with Gasteiger partial charge in [0.1, 0.15) is 0 Å². The molecular weight excluding hydrogens is 346 g/mol. The molecule has 0 bridgehead atoms. The Morgan fingerprint density at radius 1 is 1.27 bits per heavy atom. The van der Waals surface area contributed by atoms with E-state index in [-0.39, 0.29) is 17.7 Å². The van der Waals surface area contributed by atoms with Crippen LogP contribution in [0.1, 0.15) is 29.8 Å². The molecule has 1 N–H and O–H groups in total. The Kier molecular flexibility index (Phi) is 6.77. The number of aryl methyl sites for hydroxylation is 1. The maximum Gasteiger partial charge on any atom is 0.224 e. The third kappa shape index (κ3) is 5.39. The summed E-state index contributed by atoms with van der Waals surface area (Å²) in [6.07, 6.45) is 5.54. The van der Waals surface area contributed by atoms with Gasteiger partial charge in [0.2, 0.25) is 11.8 Å². The number of nitrogens with zero attached hydrogens (tertiary/aromatic N) is 2. The summed E-state index contributed by atoms with van der Waals surface area (Å²) in [7, 11) is 0. The number of hydrogen-bond acceptors (Lipinski definition) is 4. The van der Waals surface area contributed by atoms with Crippen LogP contribution in [0.15, 0.2) is 41.9 Å². The second kappa shape index (κ2) is 9.48. The molecule has 1 saturated heterocycles. The molecule has 5 nitrogen and oxygen atoms in total. The fourth-order valence-corrected chi connectivity index (χ4v) is 3.90. The maximum absolute atomic E-state index is 12.4. The van der Waals surface area contributed by atoms with Crippen molar-refractivity contribution in [3.8, 4) is 0 Å². The van der Waals surface area contributed by atoms with Crippen LogP contribution in [0.25, 0.3) is 0 Å². The van der Waals surface area contributed by atoms with E-state index in [1.807, 2.05) is 28.5 Å². The van der Waals surface area contributed by atoms with E-state index in [0.717, 1.165) is 30.8 Å². The number of rotatable bonds is 8. The summed E-state index contributed by atoms with van der Waals surface area (Å²) in [4.78, 5) is 30.6. The van der Waals surface area contributed by atoms with Gasteiger partial charge in [-0.15, -0.1) is 11.3 Å². The van der Waals surface area contributed by atoms with Crippen LogP contribution in [0.4, 0.5) is 0 Å². The molecular formula is C20H25N3O2S. The van der Waals surface area contributed by atoms with E-state index in [1.54, 1.807) is 17.5 Å². The van der Waals surface area contributed by atoms with Gasteiger partial charge in [-0.3, -0.25) is 9.59 Å². The van der Waals surface area contributed by atoms with Crippen LogP contribution >= 0.6 is 11.3 Å². The highest BCUT2D eigenvalue weighted by molar-refractivity contribution is 7.09. The van der Waals surface area contributed by atoms with Crippen molar-refractivity contribution in [1.29, 1.82) is 0 Å². The number of thiazole rings is 1. The summed E-state index contributed by atoms with van der Waals surface area (Å²) in [6.45, 7) is 1.86. The van der Waals surface area contributed by atoms with Crippen molar-refractivity contribution in [2.75, 3.05) is 19.6 Å². The van der Waals surface area contributed by atoms with Crippen LogP contribution < -0.4 is 5.32 Å². The molecule has 2 aromatic rings. The van der Waals surface area contributed by atoms with Gasteiger partial charge in [0.15, 0.2) is 0 Å². The Morgan fingerprint density at radius 3 is 2.88 bits per heavy atom. The Balaban J connectivity index is 1.41. The zero-order chi connectivity index (χ0) is 18.2. The second-order valence-corrected chi connectivity index (χ2v) is 7.61. The summed E-state index contributed by atoms with van der Waals surface area (Å²) in [5, 5.41) is 5.97. The fraction of sp³-hybridized carbons (Fsp3) is 0.450. The summed E-state index contributed by atoms with van der Waals surface area (Å²) < 4.78 is 0. The van der Waals surface area contributed by atoms with Crippen molar-refractivity contribution in [2.45, 2.75) is 32.1 Å². The average Bonchev–Trinajstić information content (AvgIpc) is 3.17. The summed E-state index contributed by atoms with van der Waals surface area (Å²) in [5.74, 6) is 0.132. The fourth-order valence-electron chi connectivity index (χ4n) is 3.28. The SMILES string of the molecule is O=C(NCCc1nccs1)[C@@H]1CCC(=O)N(CCCc2ccccc2)C1. The van der Waals surface area contributed by atoms with E-state index in [9.17, 15) is 9.59 Å². The molecule has 0 aliphatic carbocycles. The van der Waals surface area contributed by atoms with Gasteiger partial charge in [-0.05, 0) is 24.8 Å². The zero-order valence-corrected chi connectivity index (χ0v) is 15.7. The Bertz CT molecular complexity index is 703. The quantitative estimate of drug-likeness (QED) is 0.776. The second-order valence-electron chi connectivity index (χ2n) is 6.63. The van der Waals surface area contributed by atoms with E-state index in [4.69, 9.17) is 0 Å². The maximum atomic E-state index is 12.4. The van der Waals surface area contributed by atoms with E-state index < -0.39 is 0 Å². The first-order valence-corrected chi connectivity index (χ1v) is 10.1. The lowest BCUT2D eigenvalue weighted by Crippen LogP contribution is -2.46. The summed E-state index contributed by atoms with van der Waals surface area (Å²) >= 11 is 1.60. The lowest BCUT2D eigenvalue weighted by molar-refractivity contribution is -0.138. The number of benzene rings is 1. The van der Waals surface area contributed by atoms with E-state index in [2.05, 4.69) is 22.4 Å². The van der Waals surface area contributed by atoms with Crippen molar-refractivity contribution < 1.29 is 9.59 Å². The van der Waals surface area contributed by atoms with E-state index >= 15 is 0 Å². The topological polar surface area (TPSA) is 62.3 Å². The van der Waals surface area contributed by atoms with Crippen molar-refractivity contribution in [3.63, 3.8) is 0 Å². The Labute approximate surface area is 158 Å². The van der Waals surface area contributed by atoms with Crippen LogP contribution in [-0.4, -0.2) is 41.3 Å². The van der Waals surface area contributed by atoms with E-state index in [0.29, 0.717) is 25.9 Å². The van der Waals surface area contributed by atoms with Gasteiger partial charge in [-0.2, -0.15) is 0 Å². The highest BCUT2D eigenvalue weighted by atomic mass is 32.1. The van der Waals surface area contributed by atoms with Crippen molar-refractivity contribution in [1.82, 2.24) is 15.2 Å². The van der Waals surface area contributed by atoms with Crippen LogP contribution in [0, 0.1) is 5.92 Å². The number of likely N-dealkylation sites (tertiary alicyclic amines) is 1. The molecule has 2 heterocycles. The standard InChI is InChI=1S/C20H25N3O2S/c24-19-9-8-17(20(25)22-11-10-18-21-12-14-26-18)15-23(19)13-4-7-16-5-2-1-3-6-16/h1-3,5-6,12,14,17H,4,7-11,13,15H2,(H,22,25)/t17-/m1/s1. The van der Waals surface area contributed by atoms with Crippen LogP contribution in [0.5, 0.6) is 0 Å². The molecule has 2 amide bonds. The molecule has 138 valence electrons. The number of nitrogens with one attached hydrogen (secondary N) is 1. The minimum Gasteiger partial charge on any atom is -0.355 e. The monoisotopic (exact) mass is 371 g/mol. The normalized spacial score (nSPS) is 17.3. The highest BCUT2D eigenvalue weighted by Crippen LogP contribution is 2.18. The smallest absolute Gasteiger partial charge is 0.224 e. The minimum absolute atomic E-state index is 0.0575. The van der Waals surface area contributed by atoms with Gasteiger partial charge in [0, 0.05) is 44.1 Å². The van der Waals surface area contributed by atoms with Crippen LogP contribution in [-0.2, 0) is 22.4 Å². The highest BCUT2D eigenvalue weighted by Gasteiger charge is 2.29. The van der Waals surface area contributed by atoms with Gasteiger partial charge in [-0.25, -0.2) is 4.98 Å². The summed E-state index contributed by atoms with van der Waals surface area (Å²) in [6, 6.07) is 10.3. The number of hydrogen-bond donors (Lipinski definition) is 1. The molecule has 1 aliphatic heterocycles. The number of carbonyl (C=O) groups is 2. The molecule has 6 heteroatoms. The van der Waals surface area contributed by atoms with Gasteiger partial charge >= 0.3 is 0 Å². The van der Waals surface area contributed by atoms with Gasteiger partial charge in [0.25, 0.3) is 0 Å². The predicted octanol–water partition coefficient (Wildman–Crippen LogP) is 2.67. The van der Waals surface area contributed by atoms with Crippen molar-refractivity contribution >= 4 is 23.2 Å². The van der Waals surface area contributed by atoms with Crippen LogP contribution in [0.2, 0.25) is 0 Å². The lowest BCUT2D eigenvalue weighted by atomic mass is 9.96. The molecule has 1 aromatic carbocycles. The number of piperidine rings is 1. The molecule has 26 heavy (non-hydrogen) atoms. The molecule has 0 spiro atoms. The minimum atomic E-state index is -0.0966. The third-order valence-electron chi connectivity index (χ3n) is 4.73. The van der Waals surface area contributed by atoms with Gasteiger partial charge in [0.05, 0.1) is 10.9 Å².